The molecule has 0 bridgehead atoms. The fourth-order valence-corrected chi connectivity index (χ4v) is 3.29. The largest absolute Gasteiger partial charge is 0.324 e. The molecule has 2 unspecified atom stereocenters. The number of piperidine rings is 1. The van der Waals surface area contributed by atoms with Crippen LogP contribution in [0.25, 0.3) is 0 Å². The van der Waals surface area contributed by atoms with Gasteiger partial charge in [0.1, 0.15) is 0 Å². The van der Waals surface area contributed by atoms with Gasteiger partial charge in [0.2, 0.25) is 5.91 Å². The minimum atomic E-state index is -0.0513. The minimum absolute atomic E-state index is 0.0513. The van der Waals surface area contributed by atoms with E-state index in [-0.39, 0.29) is 11.9 Å². The van der Waals surface area contributed by atoms with Crippen LogP contribution in [0.2, 0.25) is 0 Å². The van der Waals surface area contributed by atoms with Crippen molar-refractivity contribution in [2.45, 2.75) is 31.3 Å². The number of carbonyl (C=O) groups excluding carboxylic acids is 1. The van der Waals surface area contributed by atoms with Gasteiger partial charge in [0.05, 0.1) is 12.7 Å². The molecule has 1 aromatic carbocycles. The average Bonchev–Trinajstić information content (AvgIpc) is 2.81. The Labute approximate surface area is 120 Å². The van der Waals surface area contributed by atoms with E-state index in [1.165, 1.54) is 12.0 Å². The van der Waals surface area contributed by atoms with Gasteiger partial charge < -0.3 is 9.80 Å². The molecule has 2 heterocycles. The second-order valence-corrected chi connectivity index (χ2v) is 5.97. The number of likely N-dealkylation sites (tertiary alicyclic amines) is 1. The van der Waals surface area contributed by atoms with Gasteiger partial charge >= 0.3 is 0 Å². The monoisotopic (exact) mass is 273 g/mol. The summed E-state index contributed by atoms with van der Waals surface area (Å²) in [5.74, 6) is 0.272. The Hall–Kier alpha value is -1.39. The molecular weight excluding hydrogens is 250 g/mol. The first-order valence-corrected chi connectivity index (χ1v) is 7.50. The van der Waals surface area contributed by atoms with Crippen LogP contribution < -0.4 is 5.32 Å². The van der Waals surface area contributed by atoms with E-state index >= 15 is 0 Å². The van der Waals surface area contributed by atoms with Crippen LogP contribution in [-0.2, 0) is 11.2 Å². The fourth-order valence-electron chi connectivity index (χ4n) is 3.29. The molecule has 1 amide bonds. The number of carbonyl (C=O) groups is 1. The Morgan fingerprint density at radius 3 is 2.85 bits per heavy atom. The van der Waals surface area contributed by atoms with Gasteiger partial charge in [-0.15, -0.1) is 0 Å². The summed E-state index contributed by atoms with van der Waals surface area (Å²) in [5, 5.41) is 3.37. The van der Waals surface area contributed by atoms with Crippen molar-refractivity contribution >= 4 is 5.91 Å². The molecule has 2 aliphatic heterocycles. The molecule has 0 saturated carbocycles. The van der Waals surface area contributed by atoms with Crippen LogP contribution in [0.4, 0.5) is 0 Å². The molecule has 4 heteroatoms. The maximum absolute atomic E-state index is 12.6. The molecule has 2 aliphatic rings. The van der Waals surface area contributed by atoms with Gasteiger partial charge in [0, 0.05) is 12.6 Å². The second-order valence-electron chi connectivity index (χ2n) is 5.97. The van der Waals surface area contributed by atoms with E-state index in [2.05, 4.69) is 29.4 Å². The van der Waals surface area contributed by atoms with Crippen molar-refractivity contribution in [3.8, 4) is 0 Å². The van der Waals surface area contributed by atoms with Crippen molar-refractivity contribution < 1.29 is 4.79 Å². The predicted molar refractivity (Wildman–Crippen MR) is 79.3 cm³/mol. The number of amides is 1. The van der Waals surface area contributed by atoms with E-state index in [1.54, 1.807) is 0 Å². The molecule has 4 nitrogen and oxygen atoms in total. The van der Waals surface area contributed by atoms with E-state index < -0.39 is 0 Å². The number of hydrogen-bond donors (Lipinski definition) is 1. The molecule has 2 saturated heterocycles. The highest BCUT2D eigenvalue weighted by atomic mass is 16.2. The lowest BCUT2D eigenvalue weighted by atomic mass is 10.0. The lowest BCUT2D eigenvalue weighted by molar-refractivity contribution is -0.131. The summed E-state index contributed by atoms with van der Waals surface area (Å²) in [6, 6.07) is 10.6. The van der Waals surface area contributed by atoms with E-state index in [0.717, 1.165) is 25.9 Å². The highest BCUT2D eigenvalue weighted by molar-refractivity contribution is 5.84. The Balaban J connectivity index is 1.62. The first kappa shape index (κ1) is 13.6. The molecular formula is C16H23N3O. The number of benzene rings is 1. The first-order chi connectivity index (χ1) is 9.74. The maximum atomic E-state index is 12.6. The molecule has 1 N–H and O–H groups in total. The first-order valence-electron chi connectivity index (χ1n) is 7.50. The van der Waals surface area contributed by atoms with E-state index in [9.17, 15) is 4.79 Å². The zero-order valence-electron chi connectivity index (χ0n) is 12.1. The highest BCUT2D eigenvalue weighted by Crippen LogP contribution is 2.19. The lowest BCUT2D eigenvalue weighted by Gasteiger charge is -2.35. The molecule has 0 spiro atoms. The van der Waals surface area contributed by atoms with Gasteiger partial charge in [-0.3, -0.25) is 10.1 Å². The van der Waals surface area contributed by atoms with Crippen LogP contribution in [0.15, 0.2) is 30.3 Å². The molecule has 0 aliphatic carbocycles. The third-order valence-electron chi connectivity index (χ3n) is 4.41. The maximum Gasteiger partial charge on any atom is 0.241 e. The van der Waals surface area contributed by atoms with Crippen LogP contribution in [0.3, 0.4) is 0 Å². The Morgan fingerprint density at radius 1 is 1.30 bits per heavy atom. The number of rotatable bonds is 3. The summed E-state index contributed by atoms with van der Waals surface area (Å²) in [6.07, 6.45) is 3.11. The lowest BCUT2D eigenvalue weighted by Crippen LogP contribution is -2.48. The number of nitrogens with one attached hydrogen (secondary N) is 1. The van der Waals surface area contributed by atoms with Crippen LogP contribution in [0.5, 0.6) is 0 Å². The fraction of sp³-hybridized carbons (Fsp3) is 0.562. The van der Waals surface area contributed by atoms with Gasteiger partial charge in [-0.1, -0.05) is 30.3 Å². The summed E-state index contributed by atoms with van der Waals surface area (Å²) >= 11 is 0. The van der Waals surface area contributed by atoms with Crippen molar-refractivity contribution in [2.24, 2.45) is 0 Å². The van der Waals surface area contributed by atoms with Crippen molar-refractivity contribution in [1.82, 2.24) is 15.1 Å². The molecule has 3 rings (SSSR count). The molecule has 0 radical (unpaired) electrons. The van der Waals surface area contributed by atoms with E-state index in [1.807, 2.05) is 23.1 Å². The van der Waals surface area contributed by atoms with Gasteiger partial charge in [-0.05, 0) is 38.4 Å². The minimum Gasteiger partial charge on any atom is -0.324 e. The van der Waals surface area contributed by atoms with Gasteiger partial charge in [-0.2, -0.15) is 0 Å². The summed E-state index contributed by atoms with van der Waals surface area (Å²) in [7, 11) is 2.14. The predicted octanol–water partition coefficient (Wildman–Crippen LogP) is 1.08. The third-order valence-corrected chi connectivity index (χ3v) is 4.41. The molecule has 108 valence electrons. The van der Waals surface area contributed by atoms with Crippen LogP contribution in [0, 0.1) is 0 Å². The molecule has 1 aromatic rings. The summed E-state index contributed by atoms with van der Waals surface area (Å²) in [6.45, 7) is 2.86. The summed E-state index contributed by atoms with van der Waals surface area (Å²) in [4.78, 5) is 16.9. The third kappa shape index (κ3) is 2.86. The summed E-state index contributed by atoms with van der Waals surface area (Å²) < 4.78 is 0. The smallest absolute Gasteiger partial charge is 0.241 e. The standard InChI is InChI=1S/C16H23N3O/c1-18-9-5-8-14(11-18)19-12-17-15(16(19)20)10-13-6-3-2-4-7-13/h2-4,6-7,14-15,17H,5,8-12H2,1H3. The number of hydrogen-bond acceptors (Lipinski definition) is 3. The second kappa shape index (κ2) is 5.94. The zero-order valence-corrected chi connectivity index (χ0v) is 12.1. The van der Waals surface area contributed by atoms with Gasteiger partial charge in [0.15, 0.2) is 0 Å². The van der Waals surface area contributed by atoms with Gasteiger partial charge in [-0.25, -0.2) is 0 Å². The average molecular weight is 273 g/mol. The zero-order chi connectivity index (χ0) is 13.9. The molecule has 20 heavy (non-hydrogen) atoms. The van der Waals surface area contributed by atoms with Crippen molar-refractivity contribution in [1.29, 1.82) is 0 Å². The quantitative estimate of drug-likeness (QED) is 0.895. The number of nitrogens with zero attached hydrogens (tertiary/aromatic N) is 2. The van der Waals surface area contributed by atoms with Gasteiger partial charge in [0.25, 0.3) is 0 Å². The normalized spacial score (nSPS) is 28.1. The Kier molecular flexibility index (Phi) is 4.03. The SMILES string of the molecule is CN1CCCC(N2CNC(Cc3ccccc3)C2=O)C1. The summed E-state index contributed by atoms with van der Waals surface area (Å²) in [5.41, 5.74) is 1.22. The molecule has 2 fully saturated rings. The Bertz CT molecular complexity index is 462. The topological polar surface area (TPSA) is 35.6 Å². The Morgan fingerprint density at radius 2 is 2.10 bits per heavy atom. The van der Waals surface area contributed by atoms with Crippen LogP contribution in [0.1, 0.15) is 18.4 Å². The van der Waals surface area contributed by atoms with Crippen molar-refractivity contribution in [3.05, 3.63) is 35.9 Å². The number of likely N-dealkylation sites (N-methyl/N-ethyl adjacent to an activating group) is 1. The van der Waals surface area contributed by atoms with Crippen molar-refractivity contribution in [2.75, 3.05) is 26.8 Å². The van der Waals surface area contributed by atoms with Crippen molar-refractivity contribution in [3.63, 3.8) is 0 Å². The van der Waals surface area contributed by atoms with E-state index in [4.69, 9.17) is 0 Å². The molecule has 0 aromatic heterocycles. The van der Waals surface area contributed by atoms with E-state index in [0.29, 0.717) is 12.7 Å². The van der Waals surface area contributed by atoms with Crippen LogP contribution >= 0.6 is 0 Å². The highest BCUT2D eigenvalue weighted by Gasteiger charge is 2.36. The molecule has 2 atom stereocenters. The van der Waals surface area contributed by atoms with Crippen LogP contribution in [-0.4, -0.2) is 54.6 Å².